The number of aromatic nitrogens is 3. The lowest BCUT2D eigenvalue weighted by Crippen LogP contribution is -2.30. The maximum Gasteiger partial charge on any atom is 0.244 e. The quantitative estimate of drug-likeness (QED) is 0.860. The Morgan fingerprint density at radius 2 is 2.20 bits per heavy atom. The number of carbonyl (C=O) groups excluding carboxylic acids is 1. The first-order valence-corrected chi connectivity index (χ1v) is 6.11. The molecule has 1 heterocycles. The molecular weight excluding hydrogens is 258 g/mol. The summed E-state index contributed by atoms with van der Waals surface area (Å²) in [5.41, 5.74) is 6.36. The summed E-state index contributed by atoms with van der Waals surface area (Å²) in [6, 6.07) is 7.60. The molecule has 0 saturated heterocycles. The van der Waals surface area contributed by atoms with E-state index in [1.165, 1.54) is 11.0 Å². The van der Waals surface area contributed by atoms with Gasteiger partial charge in [0.15, 0.2) is 0 Å². The summed E-state index contributed by atoms with van der Waals surface area (Å²) in [6.45, 7) is 0.572. The molecule has 2 rings (SSSR count). The van der Waals surface area contributed by atoms with E-state index in [4.69, 9.17) is 10.5 Å². The second-order valence-electron chi connectivity index (χ2n) is 4.36. The van der Waals surface area contributed by atoms with E-state index in [-0.39, 0.29) is 18.4 Å². The van der Waals surface area contributed by atoms with Crippen molar-refractivity contribution in [2.75, 3.05) is 19.9 Å². The summed E-state index contributed by atoms with van der Waals surface area (Å²) in [4.78, 5) is 17.5. The smallest absolute Gasteiger partial charge is 0.244 e. The molecule has 1 amide bonds. The fourth-order valence-corrected chi connectivity index (χ4v) is 1.82. The minimum absolute atomic E-state index is 0.0826. The molecule has 2 aromatic rings. The van der Waals surface area contributed by atoms with Crippen LogP contribution in [0.4, 0.5) is 5.95 Å². The molecule has 0 aliphatic rings. The Morgan fingerprint density at radius 3 is 2.85 bits per heavy atom. The van der Waals surface area contributed by atoms with Gasteiger partial charge in [-0.05, 0) is 6.07 Å². The molecule has 0 unspecified atom stereocenters. The fourth-order valence-electron chi connectivity index (χ4n) is 1.82. The molecule has 7 nitrogen and oxygen atoms in total. The van der Waals surface area contributed by atoms with Crippen molar-refractivity contribution in [3.05, 3.63) is 36.2 Å². The maximum absolute atomic E-state index is 12.1. The van der Waals surface area contributed by atoms with Crippen LogP contribution in [0.3, 0.4) is 0 Å². The number of amides is 1. The highest BCUT2D eigenvalue weighted by molar-refractivity contribution is 5.75. The summed E-state index contributed by atoms with van der Waals surface area (Å²) >= 11 is 0. The van der Waals surface area contributed by atoms with Crippen LogP contribution in [-0.4, -0.2) is 39.7 Å². The van der Waals surface area contributed by atoms with Crippen LogP contribution in [0.5, 0.6) is 5.75 Å². The average Bonchev–Trinajstić information content (AvgIpc) is 2.84. The number of ether oxygens (including phenoxy) is 1. The van der Waals surface area contributed by atoms with Crippen LogP contribution in [-0.2, 0) is 17.9 Å². The van der Waals surface area contributed by atoms with Crippen molar-refractivity contribution in [3.8, 4) is 5.75 Å². The number of likely N-dealkylation sites (N-methyl/N-ethyl adjacent to an activating group) is 1. The number of para-hydroxylation sites is 1. The van der Waals surface area contributed by atoms with Crippen molar-refractivity contribution in [1.29, 1.82) is 0 Å². The van der Waals surface area contributed by atoms with Gasteiger partial charge in [-0.25, -0.2) is 9.67 Å². The standard InChI is InChI=1S/C13H17N5O2/c1-17(7-10-5-3-4-6-11(10)20-2)12(19)8-18-9-15-13(14)16-18/h3-6,9H,7-8H2,1-2H3,(H2,14,16). The Bertz CT molecular complexity index is 596. The molecule has 20 heavy (non-hydrogen) atoms. The van der Waals surface area contributed by atoms with Crippen LogP contribution >= 0.6 is 0 Å². The van der Waals surface area contributed by atoms with E-state index in [0.29, 0.717) is 6.54 Å². The topological polar surface area (TPSA) is 86.3 Å². The highest BCUT2D eigenvalue weighted by Gasteiger charge is 2.13. The van der Waals surface area contributed by atoms with E-state index >= 15 is 0 Å². The largest absolute Gasteiger partial charge is 0.496 e. The van der Waals surface area contributed by atoms with Crippen LogP contribution in [0.1, 0.15) is 5.56 Å². The minimum atomic E-state index is -0.0826. The number of benzene rings is 1. The molecule has 1 aromatic heterocycles. The van der Waals surface area contributed by atoms with Crippen molar-refractivity contribution in [1.82, 2.24) is 19.7 Å². The molecule has 1 aromatic carbocycles. The SMILES string of the molecule is COc1ccccc1CN(C)C(=O)Cn1cnc(N)n1. The number of nitrogens with two attached hydrogens (primary N) is 1. The summed E-state index contributed by atoms with van der Waals surface area (Å²) in [5.74, 6) is 0.836. The molecule has 0 fully saturated rings. The van der Waals surface area contributed by atoms with Gasteiger partial charge < -0.3 is 15.4 Å². The Labute approximate surface area is 117 Å². The normalized spacial score (nSPS) is 10.3. The zero-order valence-electron chi connectivity index (χ0n) is 11.5. The lowest BCUT2D eigenvalue weighted by Gasteiger charge is -2.18. The van der Waals surface area contributed by atoms with Gasteiger partial charge in [-0.1, -0.05) is 18.2 Å². The summed E-state index contributed by atoms with van der Waals surface area (Å²) < 4.78 is 6.68. The molecule has 0 atom stereocenters. The number of nitrogens with zero attached hydrogens (tertiary/aromatic N) is 4. The Hall–Kier alpha value is -2.57. The lowest BCUT2D eigenvalue weighted by molar-refractivity contribution is -0.131. The number of rotatable bonds is 5. The third kappa shape index (κ3) is 3.25. The predicted molar refractivity (Wildman–Crippen MR) is 73.9 cm³/mol. The van der Waals surface area contributed by atoms with Crippen molar-refractivity contribution in [3.63, 3.8) is 0 Å². The van der Waals surface area contributed by atoms with Crippen LogP contribution in [0.15, 0.2) is 30.6 Å². The van der Waals surface area contributed by atoms with Gasteiger partial charge in [0, 0.05) is 19.2 Å². The number of nitrogen functional groups attached to an aromatic ring is 1. The molecule has 0 bridgehead atoms. The fraction of sp³-hybridized carbons (Fsp3) is 0.308. The molecule has 0 radical (unpaired) electrons. The molecule has 0 aliphatic heterocycles. The lowest BCUT2D eigenvalue weighted by atomic mass is 10.2. The van der Waals surface area contributed by atoms with E-state index in [1.807, 2.05) is 24.3 Å². The number of hydrogen-bond acceptors (Lipinski definition) is 5. The van der Waals surface area contributed by atoms with E-state index in [1.54, 1.807) is 19.1 Å². The summed E-state index contributed by atoms with van der Waals surface area (Å²) in [7, 11) is 3.34. The van der Waals surface area contributed by atoms with E-state index < -0.39 is 0 Å². The third-order valence-corrected chi connectivity index (χ3v) is 2.88. The molecule has 0 aliphatic carbocycles. The van der Waals surface area contributed by atoms with Gasteiger partial charge in [0.2, 0.25) is 11.9 Å². The zero-order valence-corrected chi connectivity index (χ0v) is 11.5. The van der Waals surface area contributed by atoms with Gasteiger partial charge in [-0.3, -0.25) is 4.79 Å². The van der Waals surface area contributed by atoms with Crippen molar-refractivity contribution in [2.45, 2.75) is 13.1 Å². The van der Waals surface area contributed by atoms with Gasteiger partial charge in [-0.15, -0.1) is 5.10 Å². The van der Waals surface area contributed by atoms with E-state index in [9.17, 15) is 4.79 Å². The molecule has 106 valence electrons. The van der Waals surface area contributed by atoms with Crippen molar-refractivity contribution < 1.29 is 9.53 Å². The van der Waals surface area contributed by atoms with E-state index in [0.717, 1.165) is 11.3 Å². The predicted octanol–water partition coefficient (Wildman–Crippen LogP) is 0.527. The Kier molecular flexibility index (Phi) is 4.19. The average molecular weight is 275 g/mol. The molecular formula is C13H17N5O2. The minimum Gasteiger partial charge on any atom is -0.496 e. The van der Waals surface area contributed by atoms with Crippen LogP contribution in [0.2, 0.25) is 0 Å². The zero-order chi connectivity index (χ0) is 14.5. The van der Waals surface area contributed by atoms with Gasteiger partial charge in [0.25, 0.3) is 0 Å². The van der Waals surface area contributed by atoms with Crippen molar-refractivity contribution >= 4 is 11.9 Å². The van der Waals surface area contributed by atoms with Gasteiger partial charge in [0.1, 0.15) is 18.6 Å². The van der Waals surface area contributed by atoms with Crippen molar-refractivity contribution in [2.24, 2.45) is 0 Å². The number of anilines is 1. The van der Waals surface area contributed by atoms with Gasteiger partial charge >= 0.3 is 0 Å². The first-order chi connectivity index (χ1) is 9.60. The first-order valence-electron chi connectivity index (χ1n) is 6.11. The Morgan fingerprint density at radius 1 is 1.45 bits per heavy atom. The molecule has 0 spiro atoms. The highest BCUT2D eigenvalue weighted by atomic mass is 16.5. The molecule has 7 heteroatoms. The van der Waals surface area contributed by atoms with Crippen LogP contribution in [0.25, 0.3) is 0 Å². The molecule has 2 N–H and O–H groups in total. The summed E-state index contributed by atoms with van der Waals surface area (Å²) in [5, 5.41) is 3.88. The first kappa shape index (κ1) is 13.9. The second-order valence-corrected chi connectivity index (χ2v) is 4.36. The van der Waals surface area contributed by atoms with Crippen LogP contribution < -0.4 is 10.5 Å². The maximum atomic E-state index is 12.1. The number of hydrogen-bond donors (Lipinski definition) is 1. The highest BCUT2D eigenvalue weighted by Crippen LogP contribution is 2.18. The van der Waals surface area contributed by atoms with Gasteiger partial charge in [0.05, 0.1) is 7.11 Å². The van der Waals surface area contributed by atoms with Gasteiger partial charge in [-0.2, -0.15) is 0 Å². The Balaban J connectivity index is 2.00. The molecule has 0 saturated carbocycles. The number of methoxy groups -OCH3 is 1. The second kappa shape index (κ2) is 6.05. The van der Waals surface area contributed by atoms with Crippen LogP contribution in [0, 0.1) is 0 Å². The monoisotopic (exact) mass is 275 g/mol. The third-order valence-electron chi connectivity index (χ3n) is 2.88. The van der Waals surface area contributed by atoms with E-state index in [2.05, 4.69) is 10.1 Å². The summed E-state index contributed by atoms with van der Waals surface area (Å²) in [6.07, 6.45) is 1.43. The number of carbonyl (C=O) groups is 1.